The molecule has 3 N–H and O–H groups in total. The fourth-order valence-electron chi connectivity index (χ4n) is 7.26. The molecule has 13 nitrogen and oxygen atoms in total. The Morgan fingerprint density at radius 2 is 1.67 bits per heavy atom. The number of nitrogens with two attached hydrogens (primary N) is 1. The molecular weight excluding hydrogens is 559 g/mol. The quantitative estimate of drug-likeness (QED) is 0.448. The van der Waals surface area contributed by atoms with Crippen LogP contribution in [-0.4, -0.2) is 100 Å². The van der Waals surface area contributed by atoms with Gasteiger partial charge in [-0.1, -0.05) is 0 Å². The van der Waals surface area contributed by atoms with E-state index in [0.717, 1.165) is 55.7 Å². The number of hydrogen-bond donors (Lipinski definition) is 2. The summed E-state index contributed by atoms with van der Waals surface area (Å²) in [6, 6.07) is 5.53. The number of benzene rings is 1. The summed E-state index contributed by atoms with van der Waals surface area (Å²) in [5.74, 6) is -2.47. The first-order chi connectivity index (χ1) is 20.7. The molecule has 1 aromatic carbocycles. The van der Waals surface area contributed by atoms with Crippen molar-refractivity contribution in [1.29, 1.82) is 0 Å². The summed E-state index contributed by atoms with van der Waals surface area (Å²) in [4.78, 5) is 68.9. The Labute approximate surface area is 246 Å². The average molecular weight is 591 g/mol. The van der Waals surface area contributed by atoms with Crippen molar-refractivity contribution in [3.63, 3.8) is 0 Å². The van der Waals surface area contributed by atoms with Gasteiger partial charge in [-0.05, 0) is 55.9 Å². The number of amides is 5. The van der Waals surface area contributed by atoms with Crippen molar-refractivity contribution >= 4 is 41.0 Å². The van der Waals surface area contributed by atoms with Crippen LogP contribution in [0.3, 0.4) is 0 Å². The van der Waals surface area contributed by atoms with E-state index in [4.69, 9.17) is 5.73 Å². The largest absolute Gasteiger partial charge is 0.369 e. The van der Waals surface area contributed by atoms with Crippen LogP contribution in [0.4, 0.5) is 15.9 Å². The number of piperidine rings is 3. The zero-order valence-electron chi connectivity index (χ0n) is 23.4. The molecule has 2 aromatic rings. The van der Waals surface area contributed by atoms with Crippen molar-refractivity contribution in [3.05, 3.63) is 46.9 Å². The van der Waals surface area contributed by atoms with Crippen LogP contribution in [0.2, 0.25) is 0 Å². The lowest BCUT2D eigenvalue weighted by Crippen LogP contribution is -2.69. The molecule has 224 valence electrons. The molecule has 0 spiro atoms. The number of nitrogens with one attached hydrogen (secondary N) is 1. The van der Waals surface area contributed by atoms with E-state index in [2.05, 4.69) is 25.3 Å². The number of carbonyl (C=O) groups is 5. The molecule has 43 heavy (non-hydrogen) atoms. The number of nitrogens with zero attached hydrogens (tertiary/aromatic N) is 6. The number of hydrogen-bond acceptors (Lipinski definition) is 10. The van der Waals surface area contributed by atoms with Crippen molar-refractivity contribution < 1.29 is 28.4 Å². The predicted molar refractivity (Wildman–Crippen MR) is 150 cm³/mol. The summed E-state index contributed by atoms with van der Waals surface area (Å²) in [5.41, 5.74) is 5.73. The molecule has 0 saturated carbocycles. The number of halogens is 1. The number of imide groups is 2. The lowest BCUT2D eigenvalue weighted by molar-refractivity contribution is -0.136. The van der Waals surface area contributed by atoms with Crippen molar-refractivity contribution in [1.82, 2.24) is 25.3 Å². The molecule has 5 saturated heterocycles. The Hall–Kier alpha value is -4.46. The topological polar surface area (TPSA) is 162 Å². The summed E-state index contributed by atoms with van der Waals surface area (Å²) in [6.07, 6.45) is 2.89. The van der Waals surface area contributed by atoms with Gasteiger partial charge in [-0.15, -0.1) is 10.2 Å². The van der Waals surface area contributed by atoms with Gasteiger partial charge in [0.1, 0.15) is 11.9 Å². The van der Waals surface area contributed by atoms with Crippen molar-refractivity contribution in [2.75, 3.05) is 42.5 Å². The first kappa shape index (κ1) is 27.4. The third-order valence-corrected chi connectivity index (χ3v) is 9.42. The monoisotopic (exact) mass is 590 g/mol. The first-order valence-corrected chi connectivity index (χ1v) is 14.6. The van der Waals surface area contributed by atoms with Crippen LogP contribution >= 0.6 is 0 Å². The van der Waals surface area contributed by atoms with Crippen molar-refractivity contribution in [2.45, 2.75) is 50.2 Å². The highest BCUT2D eigenvalue weighted by Gasteiger charge is 2.47. The highest BCUT2D eigenvalue weighted by molar-refractivity contribution is 6.23. The van der Waals surface area contributed by atoms with E-state index < -0.39 is 41.4 Å². The van der Waals surface area contributed by atoms with Gasteiger partial charge in [0.25, 0.3) is 17.7 Å². The summed E-state index contributed by atoms with van der Waals surface area (Å²) >= 11 is 0. The van der Waals surface area contributed by atoms with Gasteiger partial charge in [0.15, 0.2) is 11.5 Å². The number of fused-ring (bicyclic) bond motifs is 3. The number of primary amides is 1. The molecule has 3 unspecified atom stereocenters. The predicted octanol–water partition coefficient (Wildman–Crippen LogP) is 0.295. The van der Waals surface area contributed by atoms with Crippen LogP contribution in [0.1, 0.15) is 63.3 Å². The Kier molecular flexibility index (Phi) is 6.60. The molecular formula is C29H31FN8O5. The third kappa shape index (κ3) is 4.69. The maximum Gasteiger partial charge on any atom is 0.269 e. The standard InChI is InChI=1S/C29H31FN8O5/c30-20-10-18-19(29(43)38(28(18)42)22-2-4-25(39)32-27(22)41)11-23(20)36-7-5-15(6-8-36)12-35-13-16-9-17(14-35)37(16)24-3-1-21(26(31)40)33-34-24/h1,3,10-11,15-17,22H,2,4-9,12-14H2,(H2,31,40)(H,32,39,41). The van der Waals surface area contributed by atoms with E-state index in [0.29, 0.717) is 31.1 Å². The lowest BCUT2D eigenvalue weighted by atomic mass is 9.86. The van der Waals surface area contributed by atoms with E-state index in [1.54, 1.807) is 12.1 Å². The maximum absolute atomic E-state index is 15.3. The van der Waals surface area contributed by atoms with Crippen LogP contribution in [0, 0.1) is 11.7 Å². The van der Waals surface area contributed by atoms with Gasteiger partial charge in [0, 0.05) is 51.2 Å². The number of carbonyl (C=O) groups excluding carboxylic acids is 5. The molecule has 0 radical (unpaired) electrons. The van der Waals surface area contributed by atoms with Crippen LogP contribution in [0.15, 0.2) is 24.3 Å². The van der Waals surface area contributed by atoms with E-state index in [-0.39, 0.29) is 35.3 Å². The highest BCUT2D eigenvalue weighted by Crippen LogP contribution is 2.38. The molecule has 14 heteroatoms. The highest BCUT2D eigenvalue weighted by atomic mass is 19.1. The van der Waals surface area contributed by atoms with Gasteiger partial charge >= 0.3 is 0 Å². The van der Waals surface area contributed by atoms with Gasteiger partial charge in [-0.25, -0.2) is 4.39 Å². The van der Waals surface area contributed by atoms with Crippen LogP contribution < -0.4 is 20.9 Å². The molecule has 2 bridgehead atoms. The smallest absolute Gasteiger partial charge is 0.269 e. The van der Waals surface area contributed by atoms with Crippen LogP contribution in [-0.2, 0) is 9.59 Å². The second kappa shape index (κ2) is 10.4. The molecule has 3 atom stereocenters. The van der Waals surface area contributed by atoms with Gasteiger partial charge in [-0.2, -0.15) is 0 Å². The average Bonchev–Trinajstić information content (AvgIpc) is 3.21. The van der Waals surface area contributed by atoms with Gasteiger partial charge in [0.05, 0.1) is 16.8 Å². The normalized spacial score (nSPS) is 26.0. The molecule has 8 rings (SSSR count). The van der Waals surface area contributed by atoms with Crippen LogP contribution in [0.25, 0.3) is 0 Å². The SMILES string of the molecule is NC(=O)c1ccc(N2C3CC2CN(CC2CCN(c4cc5c(cc4F)C(=O)N(C4CCC(=O)NC4=O)C5=O)CC2)C3)nn1. The van der Waals surface area contributed by atoms with Crippen LogP contribution in [0.5, 0.6) is 0 Å². The van der Waals surface area contributed by atoms with Gasteiger partial charge in [-0.3, -0.25) is 39.1 Å². The molecule has 6 aliphatic heterocycles. The molecule has 6 aliphatic rings. The molecule has 5 amide bonds. The van der Waals surface area contributed by atoms with Crippen molar-refractivity contribution in [2.24, 2.45) is 11.7 Å². The molecule has 5 fully saturated rings. The third-order valence-electron chi connectivity index (χ3n) is 9.42. The molecule has 1 aromatic heterocycles. The second-order valence-corrected chi connectivity index (χ2v) is 12.0. The van der Waals surface area contributed by atoms with E-state index in [1.165, 1.54) is 6.07 Å². The first-order valence-electron chi connectivity index (χ1n) is 14.6. The molecule has 7 heterocycles. The fourth-order valence-corrected chi connectivity index (χ4v) is 7.26. The Bertz CT molecular complexity index is 1530. The van der Waals surface area contributed by atoms with Gasteiger partial charge < -0.3 is 15.5 Å². The minimum absolute atomic E-state index is 0.0241. The summed E-state index contributed by atoms with van der Waals surface area (Å²) in [6.45, 7) is 4.01. The Morgan fingerprint density at radius 3 is 2.30 bits per heavy atom. The number of anilines is 2. The lowest BCUT2D eigenvalue weighted by Gasteiger charge is -2.57. The summed E-state index contributed by atoms with van der Waals surface area (Å²) in [7, 11) is 0. The fraction of sp³-hybridized carbons (Fsp3) is 0.483. The second-order valence-electron chi connectivity index (χ2n) is 12.0. The van der Waals surface area contributed by atoms with Crippen molar-refractivity contribution in [3.8, 4) is 0 Å². The summed E-state index contributed by atoms with van der Waals surface area (Å²) in [5, 5.41) is 10.3. The minimum atomic E-state index is -1.09. The zero-order valence-corrected chi connectivity index (χ0v) is 23.4. The van der Waals surface area contributed by atoms with E-state index in [9.17, 15) is 24.0 Å². The van der Waals surface area contributed by atoms with E-state index in [1.807, 2.05) is 4.90 Å². The Balaban J connectivity index is 0.957. The van der Waals surface area contributed by atoms with E-state index >= 15 is 4.39 Å². The number of rotatable bonds is 6. The number of aromatic nitrogens is 2. The van der Waals surface area contributed by atoms with Gasteiger partial charge in [0.2, 0.25) is 11.8 Å². The minimum Gasteiger partial charge on any atom is -0.369 e. The molecule has 0 aliphatic carbocycles. The number of piperazine rings is 1. The summed E-state index contributed by atoms with van der Waals surface area (Å²) < 4.78 is 15.3. The Morgan fingerprint density at radius 1 is 0.977 bits per heavy atom. The zero-order chi connectivity index (χ0) is 30.0. The maximum atomic E-state index is 15.3.